The van der Waals surface area contributed by atoms with Crippen LogP contribution in [0.5, 0.6) is 11.5 Å². The number of carbonyl (C=O) groups excluding carboxylic acids is 2. The van der Waals surface area contributed by atoms with Crippen molar-refractivity contribution in [3.63, 3.8) is 0 Å². The van der Waals surface area contributed by atoms with E-state index in [0.29, 0.717) is 39.0 Å². The number of hydrogen-bond acceptors (Lipinski definition) is 6. The molecule has 28 heavy (non-hydrogen) atoms. The molecule has 1 N–H and O–H groups in total. The zero-order valence-electron chi connectivity index (χ0n) is 15.4. The minimum atomic E-state index is -1.04. The molecule has 2 aliphatic heterocycles. The third-order valence-electron chi connectivity index (χ3n) is 4.84. The van der Waals surface area contributed by atoms with E-state index in [1.165, 1.54) is 7.11 Å². The van der Waals surface area contributed by atoms with Crippen LogP contribution in [0.3, 0.4) is 0 Å². The Labute approximate surface area is 166 Å². The van der Waals surface area contributed by atoms with E-state index >= 15 is 0 Å². The first-order chi connectivity index (χ1) is 13.5. The number of hydrogen-bond donors (Lipinski definition) is 1. The van der Waals surface area contributed by atoms with Gasteiger partial charge in [-0.2, -0.15) is 0 Å². The second-order valence-corrected chi connectivity index (χ2v) is 6.72. The number of nitrogens with zero attached hydrogens (tertiary/aromatic N) is 1. The van der Waals surface area contributed by atoms with E-state index in [1.54, 1.807) is 50.4 Å². The molecule has 0 saturated carbocycles. The van der Waals surface area contributed by atoms with Crippen molar-refractivity contribution in [1.82, 2.24) is 5.48 Å². The van der Waals surface area contributed by atoms with Gasteiger partial charge in [0.2, 0.25) is 0 Å². The molecule has 0 radical (unpaired) electrons. The molecule has 2 amide bonds. The number of amides is 2. The lowest BCUT2D eigenvalue weighted by atomic mass is 10.0. The molecule has 2 aromatic rings. The van der Waals surface area contributed by atoms with Gasteiger partial charge in [0.1, 0.15) is 11.5 Å². The Morgan fingerprint density at radius 1 is 1.14 bits per heavy atom. The van der Waals surface area contributed by atoms with E-state index in [1.807, 2.05) is 0 Å². The van der Waals surface area contributed by atoms with E-state index in [4.69, 9.17) is 25.9 Å². The van der Waals surface area contributed by atoms with E-state index in [9.17, 15) is 9.59 Å². The Kier molecular flexibility index (Phi) is 4.49. The van der Waals surface area contributed by atoms with Gasteiger partial charge in [-0.25, -0.2) is 4.90 Å². The largest absolute Gasteiger partial charge is 0.497 e. The van der Waals surface area contributed by atoms with Crippen LogP contribution in [-0.4, -0.2) is 32.1 Å². The van der Waals surface area contributed by atoms with E-state index in [2.05, 4.69) is 5.48 Å². The van der Waals surface area contributed by atoms with Crippen LogP contribution in [0.4, 0.5) is 5.69 Å². The molecule has 1 saturated heterocycles. The zero-order chi connectivity index (χ0) is 20.0. The van der Waals surface area contributed by atoms with E-state index < -0.39 is 17.9 Å². The first kappa shape index (κ1) is 18.3. The molecule has 2 aromatic carbocycles. The predicted octanol–water partition coefficient (Wildman–Crippen LogP) is 2.85. The Bertz CT molecular complexity index is 1030. The van der Waals surface area contributed by atoms with Crippen LogP contribution >= 0.6 is 11.6 Å². The van der Waals surface area contributed by atoms with Gasteiger partial charge in [-0.3, -0.25) is 19.9 Å². The molecule has 2 aliphatic rings. The Balaban J connectivity index is 1.86. The van der Waals surface area contributed by atoms with Crippen LogP contribution < -0.4 is 19.9 Å². The number of ether oxygens (including phenoxy) is 2. The summed E-state index contributed by atoms with van der Waals surface area (Å²) >= 11 is 6.17. The highest BCUT2D eigenvalue weighted by atomic mass is 35.5. The van der Waals surface area contributed by atoms with Gasteiger partial charge in [0.25, 0.3) is 11.8 Å². The van der Waals surface area contributed by atoms with Gasteiger partial charge in [0, 0.05) is 10.6 Å². The van der Waals surface area contributed by atoms with Crippen LogP contribution in [0.15, 0.2) is 42.0 Å². The minimum Gasteiger partial charge on any atom is -0.497 e. The van der Waals surface area contributed by atoms with E-state index in [0.717, 1.165) is 4.90 Å². The van der Waals surface area contributed by atoms with Crippen molar-refractivity contribution in [3.05, 3.63) is 58.1 Å². The molecule has 2 heterocycles. The number of fused-ring (bicyclic) bond motifs is 1. The maximum absolute atomic E-state index is 13.2. The van der Waals surface area contributed by atoms with Crippen molar-refractivity contribution in [3.8, 4) is 11.5 Å². The van der Waals surface area contributed by atoms with Crippen molar-refractivity contribution in [1.29, 1.82) is 0 Å². The van der Waals surface area contributed by atoms with Crippen molar-refractivity contribution >= 4 is 34.8 Å². The number of hydroxylamine groups is 1. The quantitative estimate of drug-likeness (QED) is 0.795. The summed E-state index contributed by atoms with van der Waals surface area (Å²) < 4.78 is 10.7. The molecule has 144 valence electrons. The van der Waals surface area contributed by atoms with Crippen LogP contribution in [0, 0.1) is 6.92 Å². The molecule has 7 nitrogen and oxygen atoms in total. The third-order valence-corrected chi connectivity index (χ3v) is 5.25. The van der Waals surface area contributed by atoms with Gasteiger partial charge in [-0.05, 0) is 42.8 Å². The molecule has 0 bridgehead atoms. The Hall–Kier alpha value is -3.03. The van der Waals surface area contributed by atoms with Gasteiger partial charge in [0.05, 0.1) is 31.2 Å². The summed E-state index contributed by atoms with van der Waals surface area (Å²) in [6, 6.07) is 10.2. The summed E-state index contributed by atoms with van der Waals surface area (Å²) in [4.78, 5) is 32.7. The first-order valence-electron chi connectivity index (χ1n) is 8.49. The fourth-order valence-corrected chi connectivity index (χ4v) is 3.54. The van der Waals surface area contributed by atoms with Crippen LogP contribution in [0.1, 0.15) is 11.1 Å². The van der Waals surface area contributed by atoms with Gasteiger partial charge in [0.15, 0.2) is 6.10 Å². The summed E-state index contributed by atoms with van der Waals surface area (Å²) in [6.07, 6.45) is -1.04. The first-order valence-corrected chi connectivity index (χ1v) is 8.87. The molecular formula is C20H17ClN2O5. The zero-order valence-corrected chi connectivity index (χ0v) is 16.2. The molecule has 1 atom stereocenters. The third kappa shape index (κ3) is 2.63. The second-order valence-electron chi connectivity index (χ2n) is 6.32. The Morgan fingerprint density at radius 2 is 1.93 bits per heavy atom. The fourth-order valence-electron chi connectivity index (χ4n) is 3.37. The van der Waals surface area contributed by atoms with Crippen molar-refractivity contribution < 1.29 is 23.9 Å². The molecule has 4 rings (SSSR count). The number of benzene rings is 2. The number of anilines is 1. The Morgan fingerprint density at radius 3 is 2.64 bits per heavy atom. The van der Waals surface area contributed by atoms with Crippen molar-refractivity contribution in [2.24, 2.45) is 0 Å². The van der Waals surface area contributed by atoms with Crippen molar-refractivity contribution in [2.45, 2.75) is 13.0 Å². The van der Waals surface area contributed by atoms with Crippen molar-refractivity contribution in [2.75, 3.05) is 19.1 Å². The highest BCUT2D eigenvalue weighted by molar-refractivity contribution is 6.35. The van der Waals surface area contributed by atoms with Gasteiger partial charge < -0.3 is 9.47 Å². The molecular weight excluding hydrogens is 384 g/mol. The topological polar surface area (TPSA) is 77.1 Å². The number of halogens is 1. The molecule has 8 heteroatoms. The summed E-state index contributed by atoms with van der Waals surface area (Å²) in [5, 5.41) is 0.470. The maximum atomic E-state index is 13.2. The normalized spacial score (nSPS) is 18.4. The number of imide groups is 1. The molecule has 0 unspecified atom stereocenters. The number of carbonyl (C=O) groups is 2. The second kappa shape index (κ2) is 6.85. The fraction of sp³-hybridized carbons (Fsp3) is 0.200. The number of methoxy groups -OCH3 is 2. The highest BCUT2D eigenvalue weighted by Gasteiger charge is 2.51. The molecule has 0 spiro atoms. The smallest absolute Gasteiger partial charge is 0.270 e. The van der Waals surface area contributed by atoms with Gasteiger partial charge >= 0.3 is 0 Å². The number of nitrogens with one attached hydrogen (secondary N) is 1. The minimum absolute atomic E-state index is 0.218. The average molecular weight is 401 g/mol. The molecule has 1 fully saturated rings. The van der Waals surface area contributed by atoms with E-state index in [-0.39, 0.29) is 5.57 Å². The lowest BCUT2D eigenvalue weighted by Crippen LogP contribution is -2.34. The molecule has 0 aromatic heterocycles. The lowest BCUT2D eigenvalue weighted by Gasteiger charge is -2.19. The van der Waals surface area contributed by atoms with Crippen LogP contribution in [0.25, 0.3) is 5.70 Å². The average Bonchev–Trinajstić information content (AvgIpc) is 3.24. The summed E-state index contributed by atoms with van der Waals surface area (Å²) in [7, 11) is 3.06. The van der Waals surface area contributed by atoms with Crippen LogP contribution in [0.2, 0.25) is 5.02 Å². The standard InChI is InChI=1S/C20H17ClN2O5/c1-10-13(21)5-4-6-14(10)23-19(24)16-17(22-28-18(16)20(23)25)12-9-11(26-2)7-8-15(12)27-3/h4-9,18,22H,1-3H3/t18-/m1/s1. The maximum Gasteiger partial charge on any atom is 0.270 e. The summed E-state index contributed by atoms with van der Waals surface area (Å²) in [6.45, 7) is 1.76. The molecule has 0 aliphatic carbocycles. The number of rotatable bonds is 4. The van der Waals surface area contributed by atoms with Gasteiger partial charge in [-0.15, -0.1) is 0 Å². The SMILES string of the molecule is COc1ccc(OC)c(C2=C3C(=O)N(c4cccc(Cl)c4C)C(=O)[C@@H]3ON2)c1. The monoisotopic (exact) mass is 400 g/mol. The summed E-state index contributed by atoms with van der Waals surface area (Å²) in [5.41, 5.74) is 4.94. The highest BCUT2D eigenvalue weighted by Crippen LogP contribution is 2.40. The lowest BCUT2D eigenvalue weighted by molar-refractivity contribution is -0.127. The predicted molar refractivity (Wildman–Crippen MR) is 103 cm³/mol. The summed E-state index contributed by atoms with van der Waals surface area (Å²) in [5.74, 6) is 0.145. The van der Waals surface area contributed by atoms with Crippen LogP contribution in [-0.2, 0) is 14.4 Å². The van der Waals surface area contributed by atoms with Gasteiger partial charge in [-0.1, -0.05) is 17.7 Å².